The number of carbonyl (C=O) groups excluding carboxylic acids is 2. The molecule has 1 aliphatic rings. The molecule has 0 spiro atoms. The highest BCUT2D eigenvalue weighted by atomic mass is 16.5. The van der Waals surface area contributed by atoms with Crippen LogP contribution in [0.4, 0.5) is 4.79 Å². The lowest BCUT2D eigenvalue weighted by atomic mass is 9.98. The average molecular weight is 453 g/mol. The molecule has 7 heteroatoms. The van der Waals surface area contributed by atoms with E-state index in [1.165, 1.54) is 0 Å². The molecule has 176 valence electrons. The van der Waals surface area contributed by atoms with Gasteiger partial charge in [-0.3, -0.25) is 9.59 Å². The van der Waals surface area contributed by atoms with E-state index in [2.05, 4.69) is 34.9 Å². The molecule has 0 bridgehead atoms. The van der Waals surface area contributed by atoms with E-state index in [9.17, 15) is 14.4 Å². The molecule has 0 aliphatic heterocycles. The summed E-state index contributed by atoms with van der Waals surface area (Å²) in [7, 11) is 0. The Bertz CT molecular complexity index is 960. The lowest BCUT2D eigenvalue weighted by Crippen LogP contribution is -2.50. The van der Waals surface area contributed by atoms with Gasteiger partial charge in [-0.15, -0.1) is 0 Å². The summed E-state index contributed by atoms with van der Waals surface area (Å²) in [6.07, 6.45) is 0.364. The number of carboxylic acids is 1. The molecular formula is C26H32N2O5. The molecule has 3 rings (SSSR count). The predicted octanol–water partition coefficient (Wildman–Crippen LogP) is 4.17. The third kappa shape index (κ3) is 5.72. The number of fused-ring (bicyclic) bond motifs is 3. The number of benzene rings is 2. The fourth-order valence-corrected chi connectivity index (χ4v) is 4.11. The maximum atomic E-state index is 12.7. The van der Waals surface area contributed by atoms with Crippen molar-refractivity contribution in [1.29, 1.82) is 0 Å². The Balaban J connectivity index is 1.61. The van der Waals surface area contributed by atoms with Crippen molar-refractivity contribution in [3.05, 3.63) is 59.7 Å². The Morgan fingerprint density at radius 2 is 1.58 bits per heavy atom. The van der Waals surface area contributed by atoms with Crippen LogP contribution in [-0.4, -0.2) is 42.3 Å². The van der Waals surface area contributed by atoms with E-state index in [0.29, 0.717) is 12.8 Å². The van der Waals surface area contributed by atoms with Crippen LogP contribution in [0.15, 0.2) is 48.5 Å². The van der Waals surface area contributed by atoms with Gasteiger partial charge in [-0.2, -0.15) is 0 Å². The van der Waals surface area contributed by atoms with E-state index in [1.807, 2.05) is 38.1 Å². The molecule has 0 radical (unpaired) electrons. The molecule has 3 N–H and O–H groups in total. The van der Waals surface area contributed by atoms with Crippen LogP contribution >= 0.6 is 0 Å². The van der Waals surface area contributed by atoms with Gasteiger partial charge < -0.3 is 20.5 Å². The number of nitrogens with one attached hydrogen (secondary N) is 2. The van der Waals surface area contributed by atoms with E-state index in [-0.39, 0.29) is 30.9 Å². The van der Waals surface area contributed by atoms with Crippen molar-refractivity contribution < 1.29 is 24.2 Å². The van der Waals surface area contributed by atoms with Crippen LogP contribution in [0.2, 0.25) is 0 Å². The Hall–Kier alpha value is -3.35. The van der Waals surface area contributed by atoms with Crippen LogP contribution in [0.25, 0.3) is 11.1 Å². The fourth-order valence-electron chi connectivity index (χ4n) is 4.11. The second-order valence-corrected chi connectivity index (χ2v) is 8.65. The Kier molecular flexibility index (Phi) is 8.09. The van der Waals surface area contributed by atoms with Gasteiger partial charge in [0.1, 0.15) is 12.6 Å². The van der Waals surface area contributed by atoms with Gasteiger partial charge in [-0.25, -0.2) is 4.79 Å². The van der Waals surface area contributed by atoms with E-state index >= 15 is 0 Å². The van der Waals surface area contributed by atoms with Crippen LogP contribution in [0.3, 0.4) is 0 Å². The summed E-state index contributed by atoms with van der Waals surface area (Å²) in [6.45, 7) is 5.82. The minimum atomic E-state index is -0.903. The first-order valence-corrected chi connectivity index (χ1v) is 11.5. The highest BCUT2D eigenvalue weighted by Crippen LogP contribution is 2.44. The average Bonchev–Trinajstić information content (AvgIpc) is 3.14. The second-order valence-electron chi connectivity index (χ2n) is 8.65. The standard InChI is InChI=1S/C26H32N2O5/c1-4-16(2)23(24(29)27-14-13-17(3)25(30)31)28-26(32)33-15-22-20-11-7-5-9-18(20)19-10-6-8-12-21(19)22/h5-12,16-17,22-23H,4,13-15H2,1-3H3,(H,27,29)(H,28,32)(H,30,31). The van der Waals surface area contributed by atoms with E-state index in [1.54, 1.807) is 6.92 Å². The molecule has 3 unspecified atom stereocenters. The zero-order chi connectivity index (χ0) is 24.0. The lowest BCUT2D eigenvalue weighted by Gasteiger charge is -2.24. The van der Waals surface area contributed by atoms with Gasteiger partial charge in [0.15, 0.2) is 0 Å². The Morgan fingerprint density at radius 1 is 1.00 bits per heavy atom. The van der Waals surface area contributed by atoms with Gasteiger partial charge in [0.25, 0.3) is 0 Å². The molecule has 33 heavy (non-hydrogen) atoms. The van der Waals surface area contributed by atoms with E-state index in [4.69, 9.17) is 9.84 Å². The number of carboxylic acid groups (broad SMARTS) is 1. The molecular weight excluding hydrogens is 420 g/mol. The topological polar surface area (TPSA) is 105 Å². The normalized spacial score (nSPS) is 15.0. The van der Waals surface area contributed by atoms with Crippen LogP contribution in [0.5, 0.6) is 0 Å². The molecule has 0 fully saturated rings. The zero-order valence-corrected chi connectivity index (χ0v) is 19.3. The molecule has 0 aromatic heterocycles. The van der Waals surface area contributed by atoms with Gasteiger partial charge in [0.2, 0.25) is 5.91 Å². The minimum Gasteiger partial charge on any atom is -0.481 e. The SMILES string of the molecule is CCC(C)C(NC(=O)OCC1c2ccccc2-c2ccccc21)C(=O)NCCC(C)C(=O)O. The van der Waals surface area contributed by atoms with Crippen molar-refractivity contribution in [3.8, 4) is 11.1 Å². The third-order valence-electron chi connectivity index (χ3n) is 6.41. The molecule has 0 saturated carbocycles. The summed E-state index contributed by atoms with van der Waals surface area (Å²) < 4.78 is 5.58. The predicted molar refractivity (Wildman–Crippen MR) is 126 cm³/mol. The number of carbonyl (C=O) groups is 3. The first-order valence-electron chi connectivity index (χ1n) is 11.5. The second kappa shape index (κ2) is 11.0. The summed E-state index contributed by atoms with van der Waals surface area (Å²) in [5, 5.41) is 14.4. The van der Waals surface area contributed by atoms with Crippen LogP contribution < -0.4 is 10.6 Å². The zero-order valence-electron chi connectivity index (χ0n) is 19.3. The lowest BCUT2D eigenvalue weighted by molar-refractivity contribution is -0.141. The summed E-state index contributed by atoms with van der Waals surface area (Å²) >= 11 is 0. The largest absolute Gasteiger partial charge is 0.481 e. The summed E-state index contributed by atoms with van der Waals surface area (Å²) in [5.41, 5.74) is 4.54. The van der Waals surface area contributed by atoms with Gasteiger partial charge in [0, 0.05) is 12.5 Å². The molecule has 7 nitrogen and oxygen atoms in total. The first kappa shape index (κ1) is 24.3. The maximum absolute atomic E-state index is 12.7. The molecule has 2 aromatic carbocycles. The Labute approximate surface area is 194 Å². The van der Waals surface area contributed by atoms with Crippen molar-refractivity contribution in [2.24, 2.45) is 11.8 Å². The van der Waals surface area contributed by atoms with Gasteiger partial charge >= 0.3 is 12.1 Å². The number of hydrogen-bond donors (Lipinski definition) is 3. The number of alkyl carbamates (subject to hydrolysis) is 1. The van der Waals surface area contributed by atoms with Crippen molar-refractivity contribution in [2.75, 3.05) is 13.2 Å². The quantitative estimate of drug-likeness (QED) is 0.502. The Morgan fingerprint density at radius 3 is 2.12 bits per heavy atom. The fraction of sp³-hybridized carbons (Fsp3) is 0.423. The maximum Gasteiger partial charge on any atom is 0.407 e. The number of hydrogen-bond acceptors (Lipinski definition) is 4. The monoisotopic (exact) mass is 452 g/mol. The minimum absolute atomic E-state index is 0.0588. The van der Waals surface area contributed by atoms with Crippen LogP contribution in [0.1, 0.15) is 50.7 Å². The number of ether oxygens (including phenoxy) is 1. The summed E-state index contributed by atoms with van der Waals surface area (Å²) in [4.78, 5) is 36.3. The first-order chi connectivity index (χ1) is 15.8. The van der Waals surface area contributed by atoms with Gasteiger partial charge in [0.05, 0.1) is 5.92 Å². The molecule has 1 aliphatic carbocycles. The van der Waals surface area contributed by atoms with Crippen LogP contribution in [-0.2, 0) is 14.3 Å². The number of amides is 2. The molecule has 2 amide bonds. The number of rotatable bonds is 10. The van der Waals surface area contributed by atoms with Crippen molar-refractivity contribution in [1.82, 2.24) is 10.6 Å². The van der Waals surface area contributed by atoms with E-state index in [0.717, 1.165) is 22.3 Å². The van der Waals surface area contributed by atoms with E-state index < -0.39 is 24.0 Å². The van der Waals surface area contributed by atoms with Crippen molar-refractivity contribution in [3.63, 3.8) is 0 Å². The van der Waals surface area contributed by atoms with Gasteiger partial charge in [-0.05, 0) is 34.6 Å². The third-order valence-corrected chi connectivity index (χ3v) is 6.41. The summed E-state index contributed by atoms with van der Waals surface area (Å²) in [5.74, 6) is -1.96. The number of aliphatic carboxylic acids is 1. The smallest absolute Gasteiger partial charge is 0.407 e. The van der Waals surface area contributed by atoms with Crippen molar-refractivity contribution in [2.45, 2.75) is 45.6 Å². The van der Waals surface area contributed by atoms with Gasteiger partial charge in [-0.1, -0.05) is 75.7 Å². The molecule has 3 atom stereocenters. The summed E-state index contributed by atoms with van der Waals surface area (Å²) in [6, 6.07) is 15.4. The highest BCUT2D eigenvalue weighted by molar-refractivity contribution is 5.86. The van der Waals surface area contributed by atoms with Crippen molar-refractivity contribution >= 4 is 18.0 Å². The highest BCUT2D eigenvalue weighted by Gasteiger charge is 2.30. The molecule has 0 heterocycles. The molecule has 2 aromatic rings. The van der Waals surface area contributed by atoms with Crippen LogP contribution in [0, 0.1) is 11.8 Å². The molecule has 0 saturated heterocycles.